The van der Waals surface area contributed by atoms with Crippen molar-refractivity contribution >= 4 is 11.8 Å². The van der Waals surface area contributed by atoms with E-state index in [9.17, 15) is 9.59 Å². The number of benzene rings is 1. The Balaban J connectivity index is 1.43. The first-order valence-electron chi connectivity index (χ1n) is 8.15. The van der Waals surface area contributed by atoms with Crippen LogP contribution >= 0.6 is 0 Å². The van der Waals surface area contributed by atoms with E-state index in [-0.39, 0.29) is 18.2 Å². The van der Waals surface area contributed by atoms with Gasteiger partial charge in [-0.1, -0.05) is 6.07 Å². The van der Waals surface area contributed by atoms with Crippen LogP contribution < -0.4 is 14.8 Å². The fourth-order valence-electron chi connectivity index (χ4n) is 2.88. The number of hydrogen-bond acceptors (Lipinski definition) is 4. The molecule has 0 spiro atoms. The molecule has 0 saturated carbocycles. The Bertz CT molecular complexity index is 582. The van der Waals surface area contributed by atoms with Crippen LogP contribution in [-0.2, 0) is 16.0 Å². The van der Waals surface area contributed by atoms with Gasteiger partial charge in [-0.25, -0.2) is 0 Å². The zero-order valence-corrected chi connectivity index (χ0v) is 13.2. The lowest BCUT2D eigenvalue weighted by atomic mass is 10.1. The maximum absolute atomic E-state index is 12.0. The third-order valence-corrected chi connectivity index (χ3v) is 4.09. The fourth-order valence-corrected chi connectivity index (χ4v) is 2.88. The molecular weight excluding hydrogens is 296 g/mol. The van der Waals surface area contributed by atoms with Gasteiger partial charge in [0.1, 0.15) is 13.2 Å². The summed E-state index contributed by atoms with van der Waals surface area (Å²) >= 11 is 0. The van der Waals surface area contributed by atoms with Crippen LogP contribution in [-0.4, -0.2) is 49.6 Å². The van der Waals surface area contributed by atoms with Gasteiger partial charge in [-0.2, -0.15) is 0 Å². The molecule has 6 heteroatoms. The molecule has 0 unspecified atom stereocenters. The van der Waals surface area contributed by atoms with Crippen LogP contribution in [0.1, 0.15) is 24.8 Å². The molecule has 124 valence electrons. The summed E-state index contributed by atoms with van der Waals surface area (Å²) in [6.07, 6.45) is 2.81. The second-order valence-corrected chi connectivity index (χ2v) is 5.84. The molecule has 0 aromatic heterocycles. The third kappa shape index (κ3) is 4.15. The first kappa shape index (κ1) is 15.6. The number of carbonyl (C=O) groups excluding carboxylic acids is 2. The Labute approximate surface area is 135 Å². The average molecular weight is 318 g/mol. The molecule has 2 aliphatic rings. The number of rotatable bonds is 5. The van der Waals surface area contributed by atoms with Gasteiger partial charge in [0.05, 0.1) is 6.42 Å². The molecule has 0 bridgehead atoms. The second-order valence-electron chi connectivity index (χ2n) is 5.84. The Morgan fingerprint density at radius 2 is 1.83 bits per heavy atom. The van der Waals surface area contributed by atoms with E-state index in [2.05, 4.69) is 5.32 Å². The summed E-state index contributed by atoms with van der Waals surface area (Å²) in [5, 5.41) is 2.81. The summed E-state index contributed by atoms with van der Waals surface area (Å²) in [4.78, 5) is 25.7. The summed E-state index contributed by atoms with van der Waals surface area (Å²) in [5.74, 6) is 1.44. The maximum atomic E-state index is 12.0. The van der Waals surface area contributed by atoms with Crippen LogP contribution in [0.4, 0.5) is 0 Å². The highest BCUT2D eigenvalue weighted by Crippen LogP contribution is 2.30. The summed E-state index contributed by atoms with van der Waals surface area (Å²) in [6.45, 7) is 3.17. The molecule has 2 heterocycles. The Hall–Kier alpha value is -2.24. The largest absolute Gasteiger partial charge is 0.486 e. The molecule has 2 aliphatic heterocycles. The number of ether oxygens (including phenoxy) is 2. The summed E-state index contributed by atoms with van der Waals surface area (Å²) < 4.78 is 11.0. The monoisotopic (exact) mass is 318 g/mol. The van der Waals surface area contributed by atoms with Crippen molar-refractivity contribution in [3.63, 3.8) is 0 Å². The van der Waals surface area contributed by atoms with Gasteiger partial charge in [-0.05, 0) is 30.5 Å². The molecule has 0 aliphatic carbocycles. The van der Waals surface area contributed by atoms with Crippen LogP contribution in [0, 0.1) is 0 Å². The molecule has 1 N–H and O–H groups in total. The zero-order valence-electron chi connectivity index (χ0n) is 13.2. The SMILES string of the molecule is O=C(Cc1ccc2c(c1)OCCO2)NCCC(=O)N1CCCC1. The molecule has 1 aromatic carbocycles. The van der Waals surface area contributed by atoms with Crippen molar-refractivity contribution in [3.05, 3.63) is 23.8 Å². The topological polar surface area (TPSA) is 67.9 Å². The van der Waals surface area contributed by atoms with Crippen molar-refractivity contribution in [1.29, 1.82) is 0 Å². The van der Waals surface area contributed by atoms with Gasteiger partial charge in [0.25, 0.3) is 0 Å². The van der Waals surface area contributed by atoms with Gasteiger partial charge in [-0.15, -0.1) is 0 Å². The van der Waals surface area contributed by atoms with Gasteiger partial charge in [-0.3, -0.25) is 9.59 Å². The second kappa shape index (κ2) is 7.35. The Kier molecular flexibility index (Phi) is 5.00. The van der Waals surface area contributed by atoms with Crippen molar-refractivity contribution in [3.8, 4) is 11.5 Å². The molecule has 0 atom stereocenters. The molecule has 6 nitrogen and oxygen atoms in total. The Morgan fingerprint density at radius 3 is 2.61 bits per heavy atom. The average Bonchev–Trinajstić information content (AvgIpc) is 3.09. The highest BCUT2D eigenvalue weighted by molar-refractivity contribution is 5.80. The van der Waals surface area contributed by atoms with E-state index in [4.69, 9.17) is 9.47 Å². The van der Waals surface area contributed by atoms with Crippen LogP contribution in [0.5, 0.6) is 11.5 Å². The normalized spacial score (nSPS) is 16.3. The fraction of sp³-hybridized carbons (Fsp3) is 0.529. The van der Waals surface area contributed by atoms with E-state index in [1.807, 2.05) is 23.1 Å². The van der Waals surface area contributed by atoms with Gasteiger partial charge >= 0.3 is 0 Å². The van der Waals surface area contributed by atoms with Crippen LogP contribution in [0.2, 0.25) is 0 Å². The standard InChI is InChI=1S/C17H22N2O4/c20-16(18-6-5-17(21)19-7-1-2-8-19)12-13-3-4-14-15(11-13)23-10-9-22-14/h3-4,11H,1-2,5-10,12H2,(H,18,20). The lowest BCUT2D eigenvalue weighted by molar-refractivity contribution is -0.130. The highest BCUT2D eigenvalue weighted by atomic mass is 16.6. The number of nitrogens with zero attached hydrogens (tertiary/aromatic N) is 1. The van der Waals surface area contributed by atoms with Crippen molar-refractivity contribution in [2.24, 2.45) is 0 Å². The van der Waals surface area contributed by atoms with E-state index in [1.165, 1.54) is 0 Å². The van der Waals surface area contributed by atoms with Gasteiger partial charge < -0.3 is 19.7 Å². The molecular formula is C17H22N2O4. The number of hydrogen-bond donors (Lipinski definition) is 1. The summed E-state index contributed by atoms with van der Waals surface area (Å²) in [6, 6.07) is 5.53. The van der Waals surface area contributed by atoms with E-state index >= 15 is 0 Å². The van der Waals surface area contributed by atoms with Gasteiger partial charge in [0, 0.05) is 26.1 Å². The smallest absolute Gasteiger partial charge is 0.224 e. The lowest BCUT2D eigenvalue weighted by Crippen LogP contribution is -2.33. The lowest BCUT2D eigenvalue weighted by Gasteiger charge is -2.18. The highest BCUT2D eigenvalue weighted by Gasteiger charge is 2.17. The molecule has 0 radical (unpaired) electrons. The predicted octanol–water partition coefficient (Wildman–Crippen LogP) is 1.13. The van der Waals surface area contributed by atoms with Crippen molar-refractivity contribution in [1.82, 2.24) is 10.2 Å². The molecule has 1 fully saturated rings. The number of fused-ring (bicyclic) bond motifs is 1. The van der Waals surface area contributed by atoms with E-state index in [1.54, 1.807) is 0 Å². The van der Waals surface area contributed by atoms with Crippen molar-refractivity contribution in [2.45, 2.75) is 25.7 Å². The minimum absolute atomic E-state index is 0.0871. The van der Waals surface area contributed by atoms with E-state index < -0.39 is 0 Å². The summed E-state index contributed by atoms with van der Waals surface area (Å²) in [5.41, 5.74) is 0.873. The minimum Gasteiger partial charge on any atom is -0.486 e. The van der Waals surface area contributed by atoms with Crippen LogP contribution in [0.15, 0.2) is 18.2 Å². The van der Waals surface area contributed by atoms with Crippen molar-refractivity contribution < 1.29 is 19.1 Å². The number of carbonyl (C=O) groups is 2. The van der Waals surface area contributed by atoms with Gasteiger partial charge in [0.15, 0.2) is 11.5 Å². The predicted molar refractivity (Wildman–Crippen MR) is 84.6 cm³/mol. The third-order valence-electron chi connectivity index (χ3n) is 4.09. The summed E-state index contributed by atoms with van der Waals surface area (Å²) in [7, 11) is 0. The first-order chi connectivity index (χ1) is 11.2. The zero-order chi connectivity index (χ0) is 16.1. The Morgan fingerprint density at radius 1 is 1.09 bits per heavy atom. The van der Waals surface area contributed by atoms with E-state index in [0.717, 1.165) is 37.2 Å². The maximum Gasteiger partial charge on any atom is 0.224 e. The molecule has 23 heavy (non-hydrogen) atoms. The van der Waals surface area contributed by atoms with Gasteiger partial charge in [0.2, 0.25) is 11.8 Å². The van der Waals surface area contributed by atoms with Crippen LogP contribution in [0.3, 0.4) is 0 Å². The quantitative estimate of drug-likeness (QED) is 0.884. The first-order valence-corrected chi connectivity index (χ1v) is 8.15. The van der Waals surface area contributed by atoms with Crippen molar-refractivity contribution in [2.75, 3.05) is 32.8 Å². The number of amides is 2. The number of nitrogens with one attached hydrogen (secondary N) is 1. The molecule has 1 saturated heterocycles. The minimum atomic E-state index is -0.0871. The molecule has 3 rings (SSSR count). The van der Waals surface area contributed by atoms with Crippen LogP contribution in [0.25, 0.3) is 0 Å². The number of likely N-dealkylation sites (tertiary alicyclic amines) is 1. The van der Waals surface area contributed by atoms with E-state index in [0.29, 0.717) is 31.9 Å². The molecule has 1 aromatic rings. The molecule has 2 amide bonds.